The number of hydrogen-bond donors (Lipinski definition) is 3. The molecule has 1 fully saturated rings. The third kappa shape index (κ3) is 4.97. The van der Waals surface area contributed by atoms with Crippen molar-refractivity contribution in [2.45, 2.75) is 41.6 Å². The largest absolute Gasteiger partial charge is 0.512 e. The first-order valence-electron chi connectivity index (χ1n) is 10.4. The number of aromatic hydroxyl groups is 1. The van der Waals surface area contributed by atoms with Crippen LogP contribution in [0.4, 0.5) is 5.69 Å². The van der Waals surface area contributed by atoms with Crippen LogP contribution in [0.1, 0.15) is 25.7 Å². The maximum absolute atomic E-state index is 13.1. The van der Waals surface area contributed by atoms with Crippen LogP contribution >= 0.6 is 11.8 Å². The lowest BCUT2D eigenvalue weighted by Crippen LogP contribution is -2.14. The lowest BCUT2D eigenvalue weighted by atomic mass is 10.1. The van der Waals surface area contributed by atoms with Crippen molar-refractivity contribution in [3.63, 3.8) is 0 Å². The molecule has 0 radical (unpaired) electrons. The Balaban J connectivity index is 1.62. The predicted octanol–water partition coefficient (Wildman–Crippen LogP) is 5.83. The minimum absolute atomic E-state index is 0.0308. The Morgan fingerprint density at radius 2 is 1.75 bits per heavy atom. The number of thioether (sulfide) groups is 1. The van der Waals surface area contributed by atoms with Crippen molar-refractivity contribution in [2.75, 3.05) is 10.5 Å². The van der Waals surface area contributed by atoms with E-state index in [1.807, 2.05) is 0 Å². The van der Waals surface area contributed by atoms with Crippen LogP contribution in [0, 0.1) is 0 Å². The highest BCUT2D eigenvalue weighted by atomic mass is 32.2. The molecule has 168 valence electrons. The molecule has 3 aromatic rings. The van der Waals surface area contributed by atoms with E-state index in [0.29, 0.717) is 27.1 Å². The maximum atomic E-state index is 13.1. The number of anilines is 1. The molecule has 0 amide bonds. The summed E-state index contributed by atoms with van der Waals surface area (Å²) < 4.78 is 34.7. The molecular formula is C24H25NO5S2. The zero-order valence-corrected chi connectivity index (χ0v) is 19.1. The SMILES string of the molecule is C=C(O)CSc1cc(NS(=O)(=O)c2ccc(OC3CCCC3)cc2)c2ccccc2c1O. The maximum Gasteiger partial charge on any atom is 0.261 e. The van der Waals surface area contributed by atoms with Crippen molar-refractivity contribution >= 4 is 38.2 Å². The lowest BCUT2D eigenvalue weighted by Gasteiger charge is -2.16. The molecule has 0 aliphatic heterocycles. The summed E-state index contributed by atoms with van der Waals surface area (Å²) in [5.74, 6) is 0.835. The third-order valence-electron chi connectivity index (χ3n) is 5.36. The van der Waals surface area contributed by atoms with Crippen molar-refractivity contribution in [2.24, 2.45) is 0 Å². The zero-order chi connectivity index (χ0) is 22.7. The highest BCUT2D eigenvalue weighted by Gasteiger charge is 2.20. The fraction of sp³-hybridized carbons (Fsp3) is 0.250. The molecule has 8 heteroatoms. The van der Waals surface area contributed by atoms with E-state index in [0.717, 1.165) is 25.7 Å². The van der Waals surface area contributed by atoms with E-state index in [1.54, 1.807) is 42.5 Å². The molecule has 1 saturated carbocycles. The minimum Gasteiger partial charge on any atom is -0.512 e. The van der Waals surface area contributed by atoms with E-state index >= 15 is 0 Å². The smallest absolute Gasteiger partial charge is 0.261 e. The summed E-state index contributed by atoms with van der Waals surface area (Å²) in [7, 11) is -3.87. The minimum atomic E-state index is -3.87. The van der Waals surface area contributed by atoms with Gasteiger partial charge in [-0.15, -0.1) is 11.8 Å². The number of nitrogens with one attached hydrogen (secondary N) is 1. The number of phenolic OH excluding ortho intramolecular Hbond substituents is 1. The van der Waals surface area contributed by atoms with E-state index < -0.39 is 10.0 Å². The Bertz CT molecular complexity index is 1230. The molecule has 6 nitrogen and oxygen atoms in total. The Labute approximate surface area is 192 Å². The summed E-state index contributed by atoms with van der Waals surface area (Å²) in [6, 6.07) is 15.0. The summed E-state index contributed by atoms with van der Waals surface area (Å²) in [6.07, 6.45) is 4.58. The summed E-state index contributed by atoms with van der Waals surface area (Å²) >= 11 is 1.17. The first-order valence-corrected chi connectivity index (χ1v) is 12.8. The van der Waals surface area contributed by atoms with E-state index in [-0.39, 0.29) is 28.3 Å². The highest BCUT2D eigenvalue weighted by Crippen LogP contribution is 2.40. The Hall–Kier alpha value is -2.84. The van der Waals surface area contributed by atoms with Gasteiger partial charge < -0.3 is 14.9 Å². The third-order valence-corrected chi connectivity index (χ3v) is 7.84. The normalized spacial score (nSPS) is 14.5. The lowest BCUT2D eigenvalue weighted by molar-refractivity contribution is 0.210. The van der Waals surface area contributed by atoms with Crippen LogP contribution in [-0.2, 0) is 10.0 Å². The van der Waals surface area contributed by atoms with Gasteiger partial charge in [0, 0.05) is 10.8 Å². The monoisotopic (exact) mass is 471 g/mol. The number of phenols is 1. The van der Waals surface area contributed by atoms with Crippen LogP contribution in [0.25, 0.3) is 10.8 Å². The molecule has 0 spiro atoms. The van der Waals surface area contributed by atoms with E-state index in [4.69, 9.17) is 4.74 Å². The molecular weight excluding hydrogens is 446 g/mol. The molecule has 0 saturated heterocycles. The molecule has 0 aromatic heterocycles. The number of ether oxygens (including phenoxy) is 1. The number of hydrogen-bond acceptors (Lipinski definition) is 6. The van der Waals surface area contributed by atoms with E-state index in [1.165, 1.54) is 23.9 Å². The second-order valence-electron chi connectivity index (χ2n) is 7.77. The zero-order valence-electron chi connectivity index (χ0n) is 17.5. The van der Waals surface area contributed by atoms with Crippen molar-refractivity contribution in [1.82, 2.24) is 0 Å². The van der Waals surface area contributed by atoms with Crippen LogP contribution in [0.2, 0.25) is 0 Å². The van der Waals surface area contributed by atoms with Gasteiger partial charge in [0.1, 0.15) is 11.5 Å². The molecule has 3 N–H and O–H groups in total. The first kappa shape index (κ1) is 22.4. The van der Waals surface area contributed by atoms with Gasteiger partial charge in [0.2, 0.25) is 0 Å². The standard InChI is InChI=1S/C24H25NO5S2/c1-16(26)15-31-23-14-22(20-8-4-5-9-21(20)24(23)27)25-32(28,29)19-12-10-18(11-13-19)30-17-6-2-3-7-17/h4-5,8-14,17,25-27H,1-3,6-7,15H2. The molecule has 0 heterocycles. The number of aliphatic hydroxyl groups is 1. The van der Waals surface area contributed by atoms with Gasteiger partial charge in [-0.2, -0.15) is 0 Å². The summed E-state index contributed by atoms with van der Waals surface area (Å²) in [5, 5.41) is 21.1. The first-order chi connectivity index (χ1) is 15.3. The predicted molar refractivity (Wildman–Crippen MR) is 128 cm³/mol. The topological polar surface area (TPSA) is 95.9 Å². The molecule has 0 atom stereocenters. The second kappa shape index (κ2) is 9.34. The van der Waals surface area contributed by atoms with Gasteiger partial charge in [-0.25, -0.2) is 8.42 Å². The van der Waals surface area contributed by atoms with Gasteiger partial charge in [0.05, 0.1) is 33.1 Å². The number of aliphatic hydroxyl groups excluding tert-OH is 1. The second-order valence-corrected chi connectivity index (χ2v) is 10.5. The number of sulfonamides is 1. The molecule has 0 bridgehead atoms. The Kier molecular flexibility index (Phi) is 6.53. The molecule has 3 aromatic carbocycles. The van der Waals surface area contributed by atoms with Crippen molar-refractivity contribution in [3.8, 4) is 11.5 Å². The molecule has 1 aliphatic rings. The van der Waals surface area contributed by atoms with Crippen LogP contribution in [0.15, 0.2) is 76.7 Å². The van der Waals surface area contributed by atoms with Gasteiger partial charge in [-0.1, -0.05) is 30.8 Å². The van der Waals surface area contributed by atoms with Gasteiger partial charge in [-0.3, -0.25) is 4.72 Å². The fourth-order valence-electron chi connectivity index (χ4n) is 3.79. The van der Waals surface area contributed by atoms with Gasteiger partial charge in [-0.05, 0) is 56.0 Å². The van der Waals surface area contributed by atoms with Crippen LogP contribution < -0.4 is 9.46 Å². The van der Waals surface area contributed by atoms with Crippen molar-refractivity contribution in [3.05, 3.63) is 66.9 Å². The van der Waals surface area contributed by atoms with Gasteiger partial charge >= 0.3 is 0 Å². The van der Waals surface area contributed by atoms with Crippen LogP contribution in [0.3, 0.4) is 0 Å². The number of rotatable bonds is 8. The van der Waals surface area contributed by atoms with E-state index in [9.17, 15) is 18.6 Å². The molecule has 4 rings (SSSR count). The van der Waals surface area contributed by atoms with Crippen molar-refractivity contribution < 1.29 is 23.4 Å². The fourth-order valence-corrected chi connectivity index (χ4v) is 5.63. The highest BCUT2D eigenvalue weighted by molar-refractivity contribution is 7.99. The molecule has 1 aliphatic carbocycles. The molecule has 32 heavy (non-hydrogen) atoms. The average molecular weight is 472 g/mol. The van der Waals surface area contributed by atoms with Crippen LogP contribution in [0.5, 0.6) is 11.5 Å². The average Bonchev–Trinajstić information content (AvgIpc) is 3.28. The Morgan fingerprint density at radius 1 is 1.09 bits per heavy atom. The quantitative estimate of drug-likeness (QED) is 0.217. The molecule has 0 unspecified atom stereocenters. The van der Waals surface area contributed by atoms with Gasteiger partial charge in [0.15, 0.2) is 0 Å². The summed E-state index contributed by atoms with van der Waals surface area (Å²) in [6.45, 7) is 3.45. The van der Waals surface area contributed by atoms with Gasteiger partial charge in [0.25, 0.3) is 10.0 Å². The van der Waals surface area contributed by atoms with Crippen molar-refractivity contribution in [1.29, 1.82) is 0 Å². The summed E-state index contributed by atoms with van der Waals surface area (Å²) in [5.41, 5.74) is 0.343. The van der Waals surface area contributed by atoms with E-state index in [2.05, 4.69) is 11.3 Å². The van der Waals surface area contributed by atoms with Crippen LogP contribution in [-0.4, -0.2) is 30.5 Å². The number of benzene rings is 3. The Morgan fingerprint density at radius 3 is 2.41 bits per heavy atom. The number of fused-ring (bicyclic) bond motifs is 1. The summed E-state index contributed by atoms with van der Waals surface area (Å²) in [4.78, 5) is 0.559.